The van der Waals surface area contributed by atoms with E-state index < -0.39 is 23.4 Å². The van der Waals surface area contributed by atoms with Crippen molar-refractivity contribution in [1.82, 2.24) is 15.6 Å². The smallest absolute Gasteiger partial charge is 0.414 e. The van der Waals surface area contributed by atoms with E-state index in [1.165, 1.54) is 0 Å². The van der Waals surface area contributed by atoms with Crippen molar-refractivity contribution in [3.05, 3.63) is 21.9 Å². The van der Waals surface area contributed by atoms with E-state index >= 15 is 0 Å². The molecule has 0 aromatic carbocycles. The number of aromatic nitrogens is 1. The fraction of sp³-hybridized carbons (Fsp3) is 0.500. The molecule has 0 atom stereocenters. The SMILES string of the molecule is CC(C)(C)OC(=O)NC(=Nc1ccc(I)cn1)NC(=O)OC(C)(C)C. The maximum Gasteiger partial charge on any atom is 0.414 e. The van der Waals surface area contributed by atoms with Gasteiger partial charge in [-0.15, -0.1) is 0 Å². The fourth-order valence-corrected chi connectivity index (χ4v) is 1.76. The number of carbonyl (C=O) groups excluding carboxylic acids is 2. The van der Waals surface area contributed by atoms with Crippen molar-refractivity contribution < 1.29 is 19.1 Å². The van der Waals surface area contributed by atoms with E-state index in [4.69, 9.17) is 9.47 Å². The summed E-state index contributed by atoms with van der Waals surface area (Å²) in [7, 11) is 0. The van der Waals surface area contributed by atoms with Gasteiger partial charge >= 0.3 is 12.2 Å². The van der Waals surface area contributed by atoms with E-state index in [0.717, 1.165) is 3.57 Å². The van der Waals surface area contributed by atoms with Crippen LogP contribution in [0, 0.1) is 3.57 Å². The minimum Gasteiger partial charge on any atom is -0.444 e. The molecule has 0 fully saturated rings. The number of carbonyl (C=O) groups is 2. The molecule has 25 heavy (non-hydrogen) atoms. The predicted molar refractivity (Wildman–Crippen MR) is 103 cm³/mol. The Kier molecular flexibility index (Phi) is 7.15. The normalized spacial score (nSPS) is 11.3. The van der Waals surface area contributed by atoms with Gasteiger partial charge in [0.2, 0.25) is 5.96 Å². The summed E-state index contributed by atoms with van der Waals surface area (Å²) < 4.78 is 11.3. The number of rotatable bonds is 1. The van der Waals surface area contributed by atoms with Crippen LogP contribution in [0.2, 0.25) is 0 Å². The van der Waals surface area contributed by atoms with Gasteiger partial charge in [-0.2, -0.15) is 4.99 Å². The van der Waals surface area contributed by atoms with Gasteiger partial charge in [-0.3, -0.25) is 10.6 Å². The number of halogens is 1. The van der Waals surface area contributed by atoms with Gasteiger partial charge in [0.05, 0.1) is 0 Å². The molecule has 1 aromatic heterocycles. The first-order chi connectivity index (χ1) is 11.3. The summed E-state index contributed by atoms with van der Waals surface area (Å²) in [6.07, 6.45) is 0.0958. The van der Waals surface area contributed by atoms with E-state index in [2.05, 4.69) is 43.2 Å². The number of guanidine groups is 1. The number of amides is 2. The molecule has 8 nitrogen and oxygen atoms in total. The molecule has 0 bridgehead atoms. The Morgan fingerprint density at radius 1 is 1.00 bits per heavy atom. The van der Waals surface area contributed by atoms with Crippen LogP contribution in [0.25, 0.3) is 0 Å². The first kappa shape index (κ1) is 21.1. The third-order valence-electron chi connectivity index (χ3n) is 2.18. The third-order valence-corrected chi connectivity index (χ3v) is 2.81. The number of hydrogen-bond donors (Lipinski definition) is 2. The van der Waals surface area contributed by atoms with Crippen molar-refractivity contribution in [2.75, 3.05) is 0 Å². The average Bonchev–Trinajstić information content (AvgIpc) is 2.36. The number of nitrogens with zero attached hydrogens (tertiary/aromatic N) is 2. The third kappa shape index (κ3) is 9.85. The molecule has 2 amide bonds. The Morgan fingerprint density at radius 3 is 1.84 bits per heavy atom. The van der Waals surface area contributed by atoms with Crippen molar-refractivity contribution in [2.24, 2.45) is 4.99 Å². The predicted octanol–water partition coefficient (Wildman–Crippen LogP) is 3.72. The van der Waals surface area contributed by atoms with Crippen molar-refractivity contribution in [2.45, 2.75) is 52.7 Å². The maximum atomic E-state index is 12.0. The Hall–Kier alpha value is -1.91. The summed E-state index contributed by atoms with van der Waals surface area (Å²) in [6, 6.07) is 3.44. The topological polar surface area (TPSA) is 102 Å². The van der Waals surface area contributed by atoms with Gasteiger partial charge in [-0.05, 0) is 76.3 Å². The summed E-state index contributed by atoms with van der Waals surface area (Å²) in [5.41, 5.74) is -1.38. The molecule has 1 rings (SSSR count). The van der Waals surface area contributed by atoms with E-state index in [-0.39, 0.29) is 5.96 Å². The monoisotopic (exact) mass is 462 g/mol. The van der Waals surface area contributed by atoms with Crippen molar-refractivity contribution >= 4 is 46.6 Å². The number of hydrogen-bond acceptors (Lipinski definition) is 6. The zero-order valence-corrected chi connectivity index (χ0v) is 17.3. The summed E-state index contributed by atoms with van der Waals surface area (Å²) >= 11 is 2.11. The van der Waals surface area contributed by atoms with E-state index in [1.54, 1.807) is 59.9 Å². The minimum absolute atomic E-state index is 0.141. The Labute approximate surface area is 160 Å². The summed E-state index contributed by atoms with van der Waals surface area (Å²) in [5, 5.41) is 4.78. The van der Waals surface area contributed by atoms with E-state index in [0.29, 0.717) is 5.82 Å². The molecule has 1 heterocycles. The zero-order valence-electron chi connectivity index (χ0n) is 15.1. The minimum atomic E-state index is -0.757. The average molecular weight is 462 g/mol. The summed E-state index contributed by atoms with van der Waals surface area (Å²) in [6.45, 7) is 10.4. The lowest BCUT2D eigenvalue weighted by atomic mass is 10.2. The molecule has 0 saturated heterocycles. The lowest BCUT2D eigenvalue weighted by Gasteiger charge is -2.22. The molecule has 0 radical (unpaired) electrons. The fourth-order valence-electron chi connectivity index (χ4n) is 1.44. The number of ether oxygens (including phenoxy) is 2. The number of pyridine rings is 1. The van der Waals surface area contributed by atoms with Crippen LogP contribution in [0.3, 0.4) is 0 Å². The number of alkyl carbamates (subject to hydrolysis) is 2. The number of aliphatic imine (C=N–C) groups is 1. The quantitative estimate of drug-likeness (QED) is 0.376. The molecule has 0 saturated carbocycles. The van der Waals surface area contributed by atoms with E-state index in [1.807, 2.05) is 0 Å². The van der Waals surface area contributed by atoms with Gasteiger partial charge in [0.15, 0.2) is 5.82 Å². The summed E-state index contributed by atoms with van der Waals surface area (Å²) in [4.78, 5) is 32.1. The largest absolute Gasteiger partial charge is 0.444 e. The number of nitrogens with one attached hydrogen (secondary N) is 2. The molecule has 0 aliphatic heterocycles. The van der Waals surface area contributed by atoms with Gasteiger partial charge in [0.1, 0.15) is 11.2 Å². The standard InChI is InChI=1S/C16H23IN4O4/c1-15(2,3)24-13(22)20-12(21-14(23)25-16(4,5)6)19-11-8-7-10(17)9-18-11/h7-9H,1-6H3,(H2,18,19,20,21,22,23). The highest BCUT2D eigenvalue weighted by atomic mass is 127. The molecule has 0 aliphatic carbocycles. The maximum absolute atomic E-state index is 12.0. The van der Waals surface area contributed by atoms with Crippen LogP contribution >= 0.6 is 22.6 Å². The molecule has 2 N–H and O–H groups in total. The van der Waals surface area contributed by atoms with Crippen molar-refractivity contribution in [1.29, 1.82) is 0 Å². The van der Waals surface area contributed by atoms with E-state index in [9.17, 15) is 9.59 Å². The van der Waals surface area contributed by atoms with Crippen LogP contribution in [0.1, 0.15) is 41.5 Å². The van der Waals surface area contributed by atoms with Crippen molar-refractivity contribution in [3.63, 3.8) is 0 Å². The van der Waals surface area contributed by atoms with Gasteiger partial charge in [-0.25, -0.2) is 14.6 Å². The van der Waals surface area contributed by atoms with Gasteiger partial charge in [0.25, 0.3) is 0 Å². The van der Waals surface area contributed by atoms with Crippen LogP contribution in [0.4, 0.5) is 15.4 Å². The lowest BCUT2D eigenvalue weighted by Crippen LogP contribution is -2.47. The van der Waals surface area contributed by atoms with Crippen LogP contribution < -0.4 is 10.6 Å². The first-order valence-electron chi connectivity index (χ1n) is 7.54. The van der Waals surface area contributed by atoms with Gasteiger partial charge in [-0.1, -0.05) is 0 Å². The Balaban J connectivity index is 2.95. The highest BCUT2D eigenvalue weighted by Crippen LogP contribution is 2.11. The molecular formula is C16H23IN4O4. The van der Waals surface area contributed by atoms with Gasteiger partial charge < -0.3 is 9.47 Å². The molecule has 0 aliphatic rings. The van der Waals surface area contributed by atoms with Gasteiger partial charge in [0, 0.05) is 9.77 Å². The molecule has 1 aromatic rings. The lowest BCUT2D eigenvalue weighted by molar-refractivity contribution is 0.0545. The second-order valence-corrected chi connectivity index (χ2v) is 8.29. The molecular weight excluding hydrogens is 439 g/mol. The van der Waals surface area contributed by atoms with Crippen LogP contribution in [-0.2, 0) is 9.47 Å². The second kappa shape index (κ2) is 8.45. The van der Waals surface area contributed by atoms with Crippen LogP contribution in [-0.4, -0.2) is 34.3 Å². The Morgan fingerprint density at radius 2 is 1.48 bits per heavy atom. The highest BCUT2D eigenvalue weighted by molar-refractivity contribution is 14.1. The Bertz CT molecular complexity index is 614. The van der Waals surface area contributed by atoms with Crippen LogP contribution in [0.5, 0.6) is 0 Å². The molecule has 0 unspecified atom stereocenters. The highest BCUT2D eigenvalue weighted by Gasteiger charge is 2.21. The summed E-state index contributed by atoms with van der Waals surface area (Å²) in [5.74, 6) is 0.166. The molecule has 9 heteroatoms. The van der Waals surface area contributed by atoms with Crippen LogP contribution in [0.15, 0.2) is 23.3 Å². The van der Waals surface area contributed by atoms with Crippen molar-refractivity contribution in [3.8, 4) is 0 Å². The zero-order chi connectivity index (χ0) is 19.3. The first-order valence-corrected chi connectivity index (χ1v) is 8.62. The molecule has 138 valence electrons. The molecule has 0 spiro atoms. The second-order valence-electron chi connectivity index (χ2n) is 7.05.